The van der Waals surface area contributed by atoms with Crippen molar-refractivity contribution in [2.24, 2.45) is 0 Å². The number of piperidine rings is 1. The number of aromatic nitrogens is 4. The number of benzene rings is 2. The number of anilines is 2. The van der Waals surface area contributed by atoms with E-state index in [2.05, 4.69) is 44.8 Å². The van der Waals surface area contributed by atoms with E-state index in [0.717, 1.165) is 62.4 Å². The fourth-order valence-electron chi connectivity index (χ4n) is 5.15. The van der Waals surface area contributed by atoms with Gasteiger partial charge < -0.3 is 15.4 Å². The lowest BCUT2D eigenvalue weighted by Gasteiger charge is -2.32. The van der Waals surface area contributed by atoms with Crippen LogP contribution >= 0.6 is 0 Å². The van der Waals surface area contributed by atoms with Crippen molar-refractivity contribution in [2.75, 3.05) is 50.0 Å². The zero-order valence-corrected chi connectivity index (χ0v) is 20.2. The fourth-order valence-corrected chi connectivity index (χ4v) is 5.15. The van der Waals surface area contributed by atoms with Crippen molar-refractivity contribution >= 4 is 22.5 Å². The van der Waals surface area contributed by atoms with E-state index in [0.29, 0.717) is 24.6 Å². The summed E-state index contributed by atoms with van der Waals surface area (Å²) < 4.78 is 21.9. The van der Waals surface area contributed by atoms with Crippen LogP contribution in [0.3, 0.4) is 0 Å². The highest BCUT2D eigenvalue weighted by Crippen LogP contribution is 2.32. The van der Waals surface area contributed by atoms with Crippen LogP contribution in [0.1, 0.15) is 24.4 Å². The Kier molecular flexibility index (Phi) is 6.25. The number of hydrogen-bond acceptors (Lipinski definition) is 7. The Bertz CT molecular complexity index is 1350. The predicted molar refractivity (Wildman–Crippen MR) is 138 cm³/mol. The topological polar surface area (TPSA) is 85.3 Å². The first kappa shape index (κ1) is 22.9. The van der Waals surface area contributed by atoms with Gasteiger partial charge in [0.25, 0.3) is 0 Å². The normalized spacial score (nSPS) is 17.6. The zero-order valence-electron chi connectivity index (χ0n) is 20.2. The van der Waals surface area contributed by atoms with Crippen LogP contribution in [0.2, 0.25) is 0 Å². The van der Waals surface area contributed by atoms with Gasteiger partial charge in [0.15, 0.2) is 11.5 Å². The summed E-state index contributed by atoms with van der Waals surface area (Å²) in [6.45, 7) is 5.73. The molecule has 0 amide bonds. The van der Waals surface area contributed by atoms with Crippen molar-refractivity contribution in [3.8, 4) is 11.4 Å². The monoisotopic (exact) mass is 487 g/mol. The highest BCUT2D eigenvalue weighted by Gasteiger charge is 2.26. The molecule has 36 heavy (non-hydrogen) atoms. The standard InChI is InChI=1S/C27H30FN7O/c28-23-16-20(6-7-24(23)29)25-31-26(34-12-14-36-15-13-34)22-17-30-35(27(22)32-25)21-8-10-33(11-9-21)18-19-4-2-1-3-5-19/h1-7,16-17,21H,8-15,18,29H2. The van der Waals surface area contributed by atoms with Gasteiger partial charge in [0.2, 0.25) is 0 Å². The Balaban J connectivity index is 1.32. The summed E-state index contributed by atoms with van der Waals surface area (Å²) in [6.07, 6.45) is 3.86. The summed E-state index contributed by atoms with van der Waals surface area (Å²) in [4.78, 5) is 14.5. The van der Waals surface area contributed by atoms with Gasteiger partial charge in [-0.25, -0.2) is 19.0 Å². The Morgan fingerprint density at radius 3 is 2.50 bits per heavy atom. The first-order valence-electron chi connectivity index (χ1n) is 12.6. The number of morpholine rings is 1. The molecule has 0 spiro atoms. The second-order valence-corrected chi connectivity index (χ2v) is 9.53. The third-order valence-corrected chi connectivity index (χ3v) is 7.15. The van der Waals surface area contributed by atoms with Gasteiger partial charge in [0.05, 0.1) is 36.5 Å². The summed E-state index contributed by atoms with van der Waals surface area (Å²) in [5.41, 5.74) is 8.55. The average Bonchev–Trinajstić information content (AvgIpc) is 3.35. The lowest BCUT2D eigenvalue weighted by atomic mass is 10.0. The first-order valence-corrected chi connectivity index (χ1v) is 12.6. The third-order valence-electron chi connectivity index (χ3n) is 7.15. The predicted octanol–water partition coefficient (Wildman–Crippen LogP) is 3.89. The number of hydrogen-bond donors (Lipinski definition) is 1. The number of nitrogens with zero attached hydrogens (tertiary/aromatic N) is 6. The van der Waals surface area contributed by atoms with Crippen LogP contribution in [0.25, 0.3) is 22.4 Å². The molecule has 2 saturated heterocycles. The van der Waals surface area contributed by atoms with Gasteiger partial charge in [-0.2, -0.15) is 5.10 Å². The maximum Gasteiger partial charge on any atom is 0.164 e. The maximum absolute atomic E-state index is 14.3. The molecule has 0 bridgehead atoms. The number of halogens is 1. The molecule has 0 saturated carbocycles. The van der Waals surface area contributed by atoms with Crippen LogP contribution in [0, 0.1) is 5.82 Å². The number of nitrogens with two attached hydrogens (primary N) is 1. The number of likely N-dealkylation sites (tertiary alicyclic amines) is 1. The molecule has 2 aliphatic rings. The van der Waals surface area contributed by atoms with Crippen LogP contribution in [0.4, 0.5) is 15.9 Å². The smallest absolute Gasteiger partial charge is 0.164 e. The van der Waals surface area contributed by atoms with Crippen molar-refractivity contribution in [2.45, 2.75) is 25.4 Å². The van der Waals surface area contributed by atoms with Crippen molar-refractivity contribution in [3.63, 3.8) is 0 Å². The van der Waals surface area contributed by atoms with Crippen LogP contribution in [0.5, 0.6) is 0 Å². The van der Waals surface area contributed by atoms with E-state index >= 15 is 0 Å². The Morgan fingerprint density at radius 1 is 0.972 bits per heavy atom. The van der Waals surface area contributed by atoms with Crippen molar-refractivity contribution < 1.29 is 9.13 Å². The average molecular weight is 488 g/mol. The third kappa shape index (κ3) is 4.52. The molecule has 2 N–H and O–H groups in total. The lowest BCUT2D eigenvalue weighted by molar-refractivity contribution is 0.122. The molecule has 2 aromatic carbocycles. The van der Waals surface area contributed by atoms with E-state index in [-0.39, 0.29) is 11.7 Å². The Hall–Kier alpha value is -3.56. The van der Waals surface area contributed by atoms with E-state index in [9.17, 15) is 4.39 Å². The molecular weight excluding hydrogens is 457 g/mol. The number of rotatable bonds is 5. The number of nitrogen functional groups attached to an aromatic ring is 1. The summed E-state index contributed by atoms with van der Waals surface area (Å²) in [6, 6.07) is 15.6. The van der Waals surface area contributed by atoms with E-state index in [1.165, 1.54) is 11.6 Å². The number of fused-ring (bicyclic) bond motifs is 1. The zero-order chi connectivity index (χ0) is 24.5. The van der Waals surface area contributed by atoms with Gasteiger partial charge in [-0.1, -0.05) is 30.3 Å². The molecule has 186 valence electrons. The highest BCUT2D eigenvalue weighted by molar-refractivity contribution is 5.89. The fraction of sp³-hybridized carbons (Fsp3) is 0.370. The SMILES string of the molecule is Nc1ccc(-c2nc(N3CCOCC3)c3cnn(C4CCN(Cc5ccccc5)CC4)c3n2)cc1F. The number of ether oxygens (including phenoxy) is 1. The van der Waals surface area contributed by atoms with Gasteiger partial charge in [-0.3, -0.25) is 4.90 Å². The molecule has 2 fully saturated rings. The van der Waals surface area contributed by atoms with Crippen LogP contribution < -0.4 is 10.6 Å². The quantitative estimate of drug-likeness (QED) is 0.428. The van der Waals surface area contributed by atoms with E-state index in [4.69, 9.17) is 25.5 Å². The molecule has 2 aromatic heterocycles. The minimum Gasteiger partial charge on any atom is -0.396 e. The molecular formula is C27H30FN7O. The summed E-state index contributed by atoms with van der Waals surface area (Å²) >= 11 is 0. The molecule has 6 rings (SSSR count). The van der Waals surface area contributed by atoms with E-state index < -0.39 is 5.82 Å². The van der Waals surface area contributed by atoms with Gasteiger partial charge in [-0.05, 0) is 36.6 Å². The minimum atomic E-state index is -0.469. The van der Waals surface area contributed by atoms with Crippen molar-refractivity contribution in [3.05, 3.63) is 66.1 Å². The summed E-state index contributed by atoms with van der Waals surface area (Å²) in [5, 5.41) is 5.71. The lowest BCUT2D eigenvalue weighted by Crippen LogP contribution is -2.37. The largest absolute Gasteiger partial charge is 0.396 e. The molecule has 4 aromatic rings. The maximum atomic E-state index is 14.3. The molecule has 0 atom stereocenters. The van der Waals surface area contributed by atoms with E-state index in [1.54, 1.807) is 12.1 Å². The molecule has 0 unspecified atom stereocenters. The first-order chi connectivity index (χ1) is 17.7. The van der Waals surface area contributed by atoms with Crippen LogP contribution in [-0.4, -0.2) is 64.0 Å². The van der Waals surface area contributed by atoms with Gasteiger partial charge in [0.1, 0.15) is 11.6 Å². The molecule has 2 aliphatic heterocycles. The minimum absolute atomic E-state index is 0.112. The second-order valence-electron chi connectivity index (χ2n) is 9.53. The Labute approximate surface area is 209 Å². The molecule has 4 heterocycles. The van der Waals surface area contributed by atoms with Crippen molar-refractivity contribution in [1.82, 2.24) is 24.6 Å². The molecule has 8 nitrogen and oxygen atoms in total. The van der Waals surface area contributed by atoms with Gasteiger partial charge >= 0.3 is 0 Å². The summed E-state index contributed by atoms with van der Waals surface area (Å²) in [5.74, 6) is 0.831. The molecule has 9 heteroatoms. The van der Waals surface area contributed by atoms with E-state index in [1.807, 2.05) is 6.20 Å². The summed E-state index contributed by atoms with van der Waals surface area (Å²) in [7, 11) is 0. The van der Waals surface area contributed by atoms with Crippen LogP contribution in [0.15, 0.2) is 54.7 Å². The Morgan fingerprint density at radius 2 is 1.75 bits per heavy atom. The second kappa shape index (κ2) is 9.83. The molecule has 0 aliphatic carbocycles. The van der Waals surface area contributed by atoms with Gasteiger partial charge in [-0.15, -0.1) is 0 Å². The molecule has 0 radical (unpaired) electrons. The van der Waals surface area contributed by atoms with Crippen molar-refractivity contribution in [1.29, 1.82) is 0 Å². The highest BCUT2D eigenvalue weighted by atomic mass is 19.1. The van der Waals surface area contributed by atoms with Gasteiger partial charge in [0, 0.05) is 38.3 Å². The van der Waals surface area contributed by atoms with Crippen LogP contribution in [-0.2, 0) is 11.3 Å².